The maximum absolute atomic E-state index is 6.00. The minimum absolute atomic E-state index is 0.395. The van der Waals surface area contributed by atoms with Crippen LogP contribution in [-0.4, -0.2) is 17.5 Å². The number of benzene rings is 1. The molecular formula is C13H18ClNS. The van der Waals surface area contributed by atoms with E-state index in [4.69, 9.17) is 11.6 Å². The SMILES string of the molecule is CC(NC1CCSCC1)c1cccc(Cl)c1. The molecule has 0 saturated carbocycles. The molecule has 1 aliphatic heterocycles. The zero-order chi connectivity index (χ0) is 11.4. The summed E-state index contributed by atoms with van der Waals surface area (Å²) >= 11 is 8.06. The van der Waals surface area contributed by atoms with Gasteiger partial charge in [-0.05, 0) is 49.0 Å². The van der Waals surface area contributed by atoms with Gasteiger partial charge in [0.15, 0.2) is 0 Å². The van der Waals surface area contributed by atoms with Crippen molar-refractivity contribution in [1.29, 1.82) is 0 Å². The van der Waals surface area contributed by atoms with Crippen LogP contribution in [0.15, 0.2) is 24.3 Å². The summed E-state index contributed by atoms with van der Waals surface area (Å²) in [7, 11) is 0. The van der Waals surface area contributed by atoms with Crippen LogP contribution in [-0.2, 0) is 0 Å². The lowest BCUT2D eigenvalue weighted by Gasteiger charge is -2.26. The second-order valence-electron chi connectivity index (χ2n) is 4.33. The summed E-state index contributed by atoms with van der Waals surface area (Å²) in [5.74, 6) is 2.58. The predicted octanol–water partition coefficient (Wildman–Crippen LogP) is 3.89. The molecule has 88 valence electrons. The highest BCUT2D eigenvalue weighted by Crippen LogP contribution is 2.22. The molecule has 1 atom stereocenters. The van der Waals surface area contributed by atoms with E-state index in [2.05, 4.69) is 36.1 Å². The standard InChI is InChI=1S/C13H18ClNS/c1-10(11-3-2-4-12(14)9-11)15-13-5-7-16-8-6-13/h2-4,9-10,13,15H,5-8H2,1H3. The summed E-state index contributed by atoms with van der Waals surface area (Å²) < 4.78 is 0. The third-order valence-electron chi connectivity index (χ3n) is 3.06. The zero-order valence-corrected chi connectivity index (χ0v) is 11.2. The first-order valence-electron chi connectivity index (χ1n) is 5.85. The third-order valence-corrected chi connectivity index (χ3v) is 4.34. The van der Waals surface area contributed by atoms with E-state index in [0.717, 1.165) is 5.02 Å². The molecule has 16 heavy (non-hydrogen) atoms. The fourth-order valence-electron chi connectivity index (χ4n) is 2.09. The lowest BCUT2D eigenvalue weighted by molar-refractivity contribution is 0.431. The minimum atomic E-state index is 0.395. The predicted molar refractivity (Wildman–Crippen MR) is 73.3 cm³/mol. The number of hydrogen-bond donors (Lipinski definition) is 1. The Hall–Kier alpha value is -0.180. The average molecular weight is 256 g/mol. The Labute approximate surface area is 107 Å². The molecule has 0 aliphatic carbocycles. The van der Waals surface area contributed by atoms with Gasteiger partial charge in [-0.1, -0.05) is 23.7 Å². The molecule has 1 aromatic carbocycles. The maximum atomic E-state index is 6.00. The van der Waals surface area contributed by atoms with Crippen LogP contribution < -0.4 is 5.32 Å². The first-order valence-corrected chi connectivity index (χ1v) is 7.38. The summed E-state index contributed by atoms with van der Waals surface area (Å²) in [6, 6.07) is 9.21. The highest BCUT2D eigenvalue weighted by atomic mass is 35.5. The molecule has 0 amide bonds. The molecule has 0 spiro atoms. The van der Waals surface area contributed by atoms with Gasteiger partial charge in [-0.3, -0.25) is 0 Å². The molecule has 0 bridgehead atoms. The van der Waals surface area contributed by atoms with Crippen molar-refractivity contribution in [3.63, 3.8) is 0 Å². The highest BCUT2D eigenvalue weighted by molar-refractivity contribution is 7.99. The summed E-state index contributed by atoms with van der Waals surface area (Å²) in [5, 5.41) is 4.51. The van der Waals surface area contributed by atoms with E-state index in [1.807, 2.05) is 12.1 Å². The molecule has 3 heteroatoms. The van der Waals surface area contributed by atoms with Crippen molar-refractivity contribution >= 4 is 23.4 Å². The van der Waals surface area contributed by atoms with Gasteiger partial charge in [-0.2, -0.15) is 11.8 Å². The molecule has 1 aliphatic rings. The first-order chi connectivity index (χ1) is 7.75. The van der Waals surface area contributed by atoms with Crippen LogP contribution in [0.2, 0.25) is 5.02 Å². The Morgan fingerprint density at radius 1 is 1.38 bits per heavy atom. The number of hydrogen-bond acceptors (Lipinski definition) is 2. The van der Waals surface area contributed by atoms with Crippen molar-refractivity contribution in [2.45, 2.75) is 31.8 Å². The molecule has 0 aromatic heterocycles. The Morgan fingerprint density at radius 2 is 2.12 bits per heavy atom. The van der Waals surface area contributed by atoms with E-state index in [0.29, 0.717) is 12.1 Å². The number of thioether (sulfide) groups is 1. The molecule has 1 fully saturated rings. The van der Waals surface area contributed by atoms with Gasteiger partial charge in [-0.15, -0.1) is 0 Å². The van der Waals surface area contributed by atoms with Gasteiger partial charge in [0.1, 0.15) is 0 Å². The molecule has 0 radical (unpaired) electrons. The van der Waals surface area contributed by atoms with Gasteiger partial charge < -0.3 is 5.32 Å². The van der Waals surface area contributed by atoms with Crippen LogP contribution in [0.5, 0.6) is 0 Å². The normalized spacial score (nSPS) is 19.6. The van der Waals surface area contributed by atoms with E-state index >= 15 is 0 Å². The van der Waals surface area contributed by atoms with Crippen LogP contribution in [0.1, 0.15) is 31.4 Å². The Bertz CT molecular complexity index is 336. The van der Waals surface area contributed by atoms with Gasteiger partial charge in [0.05, 0.1) is 0 Å². The van der Waals surface area contributed by atoms with Gasteiger partial charge in [0, 0.05) is 17.1 Å². The smallest absolute Gasteiger partial charge is 0.0409 e. The lowest BCUT2D eigenvalue weighted by Crippen LogP contribution is -2.34. The van der Waals surface area contributed by atoms with Crippen molar-refractivity contribution in [1.82, 2.24) is 5.32 Å². The van der Waals surface area contributed by atoms with Crippen molar-refractivity contribution < 1.29 is 0 Å². The summed E-state index contributed by atoms with van der Waals surface area (Å²) in [4.78, 5) is 0. The van der Waals surface area contributed by atoms with Crippen LogP contribution in [0.4, 0.5) is 0 Å². The van der Waals surface area contributed by atoms with E-state index < -0.39 is 0 Å². The first kappa shape index (κ1) is 12.3. The Kier molecular flexibility index (Phi) is 4.56. The van der Waals surface area contributed by atoms with Crippen LogP contribution in [0, 0.1) is 0 Å². The highest BCUT2D eigenvalue weighted by Gasteiger charge is 2.16. The van der Waals surface area contributed by atoms with Crippen molar-refractivity contribution in [2.75, 3.05) is 11.5 Å². The number of rotatable bonds is 3. The van der Waals surface area contributed by atoms with Gasteiger partial charge in [-0.25, -0.2) is 0 Å². The van der Waals surface area contributed by atoms with Crippen LogP contribution in [0.25, 0.3) is 0 Å². The lowest BCUT2D eigenvalue weighted by atomic mass is 10.1. The maximum Gasteiger partial charge on any atom is 0.0409 e. The summed E-state index contributed by atoms with van der Waals surface area (Å²) in [6.07, 6.45) is 2.57. The van der Waals surface area contributed by atoms with E-state index in [1.165, 1.54) is 29.9 Å². The zero-order valence-electron chi connectivity index (χ0n) is 9.58. The molecule has 1 N–H and O–H groups in total. The second-order valence-corrected chi connectivity index (χ2v) is 5.99. The van der Waals surface area contributed by atoms with Gasteiger partial charge in [0.2, 0.25) is 0 Å². The summed E-state index contributed by atoms with van der Waals surface area (Å²) in [5.41, 5.74) is 1.28. The average Bonchev–Trinajstić information content (AvgIpc) is 2.30. The van der Waals surface area contributed by atoms with E-state index in [9.17, 15) is 0 Å². The molecule has 1 unspecified atom stereocenters. The topological polar surface area (TPSA) is 12.0 Å². The number of nitrogens with one attached hydrogen (secondary N) is 1. The van der Waals surface area contributed by atoms with E-state index in [-0.39, 0.29) is 0 Å². The van der Waals surface area contributed by atoms with Crippen molar-refractivity contribution in [3.05, 3.63) is 34.9 Å². The fourth-order valence-corrected chi connectivity index (χ4v) is 3.40. The second kappa shape index (κ2) is 5.95. The fraction of sp³-hybridized carbons (Fsp3) is 0.538. The molecule has 1 nitrogen and oxygen atoms in total. The number of halogens is 1. The van der Waals surface area contributed by atoms with Crippen LogP contribution >= 0.6 is 23.4 Å². The van der Waals surface area contributed by atoms with Gasteiger partial charge in [0.25, 0.3) is 0 Å². The monoisotopic (exact) mass is 255 g/mol. The Morgan fingerprint density at radius 3 is 2.81 bits per heavy atom. The molecule has 1 aromatic rings. The Balaban J connectivity index is 1.94. The molecular weight excluding hydrogens is 238 g/mol. The van der Waals surface area contributed by atoms with Crippen LogP contribution in [0.3, 0.4) is 0 Å². The molecule has 1 heterocycles. The van der Waals surface area contributed by atoms with Crippen molar-refractivity contribution in [2.24, 2.45) is 0 Å². The quantitative estimate of drug-likeness (QED) is 0.880. The van der Waals surface area contributed by atoms with E-state index in [1.54, 1.807) is 0 Å². The minimum Gasteiger partial charge on any atom is -0.307 e. The molecule has 1 saturated heterocycles. The van der Waals surface area contributed by atoms with Crippen molar-refractivity contribution in [3.8, 4) is 0 Å². The molecule has 2 rings (SSSR count). The van der Waals surface area contributed by atoms with Gasteiger partial charge >= 0.3 is 0 Å². The summed E-state index contributed by atoms with van der Waals surface area (Å²) in [6.45, 7) is 2.22. The largest absolute Gasteiger partial charge is 0.307 e. The third kappa shape index (κ3) is 3.41.